The van der Waals surface area contributed by atoms with E-state index in [1.54, 1.807) is 14.2 Å². The number of nitrogens with one attached hydrogen (secondary N) is 1. The summed E-state index contributed by atoms with van der Waals surface area (Å²) in [5, 5.41) is 4.15. The quantitative estimate of drug-likeness (QED) is 0.346. The zero-order valence-corrected chi connectivity index (χ0v) is 19.9. The van der Waals surface area contributed by atoms with Gasteiger partial charge >= 0.3 is 0 Å². The highest BCUT2D eigenvalue weighted by Gasteiger charge is 2.21. The van der Waals surface area contributed by atoms with Crippen LogP contribution in [-0.4, -0.2) is 56.2 Å². The van der Waals surface area contributed by atoms with Crippen molar-refractivity contribution in [3.8, 4) is 11.5 Å². The molecule has 25 heavy (non-hydrogen) atoms. The Labute approximate surface area is 180 Å². The van der Waals surface area contributed by atoms with Crippen molar-refractivity contribution in [3.05, 3.63) is 22.2 Å². The Morgan fingerprint density at radius 3 is 2.76 bits per heavy atom. The molecule has 1 aliphatic heterocycles. The van der Waals surface area contributed by atoms with E-state index in [0.29, 0.717) is 17.5 Å². The van der Waals surface area contributed by atoms with E-state index in [0.717, 1.165) is 40.6 Å². The number of benzene rings is 1. The number of methoxy groups -OCH3 is 2. The molecule has 142 valence electrons. The standard InChI is InChI=1S/C17H26BrN3O2S.HI/c1-5-13-11-21(6-7-24-13)17(19-2)20-10-12-8-14(18)16(23-4)15(9-12)22-3;/h8-9,13H,5-7,10-11H2,1-4H3,(H,19,20);1H. The molecule has 0 radical (unpaired) electrons. The van der Waals surface area contributed by atoms with Crippen LogP contribution in [0.4, 0.5) is 0 Å². The van der Waals surface area contributed by atoms with Gasteiger partial charge in [0, 0.05) is 37.7 Å². The Kier molecular flexibility index (Phi) is 10.3. The number of hydrogen-bond donors (Lipinski definition) is 1. The predicted molar refractivity (Wildman–Crippen MR) is 121 cm³/mol. The molecule has 5 nitrogen and oxygen atoms in total. The minimum Gasteiger partial charge on any atom is -0.493 e. The third-order valence-electron chi connectivity index (χ3n) is 4.05. The lowest BCUT2D eigenvalue weighted by atomic mass is 10.2. The molecule has 0 spiro atoms. The summed E-state index contributed by atoms with van der Waals surface area (Å²) < 4.78 is 11.7. The minimum absolute atomic E-state index is 0. The molecule has 0 aliphatic carbocycles. The van der Waals surface area contributed by atoms with Crippen LogP contribution >= 0.6 is 51.7 Å². The monoisotopic (exact) mass is 543 g/mol. The van der Waals surface area contributed by atoms with Gasteiger partial charge < -0.3 is 19.7 Å². The van der Waals surface area contributed by atoms with Crippen LogP contribution in [0.3, 0.4) is 0 Å². The number of guanidine groups is 1. The Balaban J connectivity index is 0.00000312. The fraction of sp³-hybridized carbons (Fsp3) is 0.588. The molecule has 0 bridgehead atoms. The fourth-order valence-electron chi connectivity index (χ4n) is 2.75. The summed E-state index contributed by atoms with van der Waals surface area (Å²) in [5.74, 6) is 3.55. The smallest absolute Gasteiger partial charge is 0.193 e. The lowest BCUT2D eigenvalue weighted by Gasteiger charge is -2.34. The van der Waals surface area contributed by atoms with Gasteiger partial charge in [0.2, 0.25) is 0 Å². The average Bonchev–Trinajstić information content (AvgIpc) is 2.61. The molecule has 1 aromatic rings. The van der Waals surface area contributed by atoms with Crippen molar-refractivity contribution >= 4 is 57.6 Å². The van der Waals surface area contributed by atoms with E-state index in [4.69, 9.17) is 9.47 Å². The second kappa shape index (κ2) is 11.4. The van der Waals surface area contributed by atoms with Crippen LogP contribution in [0.5, 0.6) is 11.5 Å². The van der Waals surface area contributed by atoms with Gasteiger partial charge in [0.05, 0.1) is 18.7 Å². The van der Waals surface area contributed by atoms with Crippen LogP contribution in [0, 0.1) is 0 Å². The third-order valence-corrected chi connectivity index (χ3v) is 6.01. The summed E-state index contributed by atoms with van der Waals surface area (Å²) in [6.45, 7) is 5.03. The lowest BCUT2D eigenvalue weighted by molar-refractivity contribution is 0.352. The van der Waals surface area contributed by atoms with E-state index >= 15 is 0 Å². The molecule has 1 aliphatic rings. The van der Waals surface area contributed by atoms with E-state index in [1.165, 1.54) is 6.42 Å². The van der Waals surface area contributed by atoms with E-state index < -0.39 is 0 Å². The predicted octanol–water partition coefficient (Wildman–Crippen LogP) is 3.99. The molecule has 1 aromatic carbocycles. The minimum atomic E-state index is 0. The van der Waals surface area contributed by atoms with Crippen LogP contribution in [0.25, 0.3) is 0 Å². The first kappa shape index (κ1) is 22.7. The first-order chi connectivity index (χ1) is 11.6. The highest BCUT2D eigenvalue weighted by molar-refractivity contribution is 14.0. The largest absolute Gasteiger partial charge is 0.493 e. The Bertz CT molecular complexity index is 589. The number of halogens is 2. The van der Waals surface area contributed by atoms with Crippen molar-refractivity contribution in [2.75, 3.05) is 40.1 Å². The number of nitrogens with zero attached hydrogens (tertiary/aromatic N) is 2. The van der Waals surface area contributed by atoms with Crippen LogP contribution in [0.2, 0.25) is 0 Å². The maximum atomic E-state index is 5.41. The number of rotatable bonds is 5. The zero-order chi connectivity index (χ0) is 17.5. The van der Waals surface area contributed by atoms with Crippen molar-refractivity contribution < 1.29 is 9.47 Å². The second-order valence-corrected chi connectivity index (χ2v) is 7.82. The lowest BCUT2D eigenvalue weighted by Crippen LogP contribution is -2.47. The Morgan fingerprint density at radius 1 is 1.40 bits per heavy atom. The molecule has 0 aromatic heterocycles. The third kappa shape index (κ3) is 6.09. The van der Waals surface area contributed by atoms with Gasteiger partial charge in [-0.1, -0.05) is 6.92 Å². The van der Waals surface area contributed by atoms with Gasteiger partial charge in [0.1, 0.15) is 0 Å². The Morgan fingerprint density at radius 2 is 2.16 bits per heavy atom. The molecule has 2 rings (SSSR count). The fourth-order valence-corrected chi connectivity index (χ4v) is 4.58. The summed E-state index contributed by atoms with van der Waals surface area (Å²) in [6.07, 6.45) is 1.20. The molecule has 1 fully saturated rings. The van der Waals surface area contributed by atoms with Crippen LogP contribution in [-0.2, 0) is 6.54 Å². The van der Waals surface area contributed by atoms with Gasteiger partial charge in [-0.2, -0.15) is 11.8 Å². The maximum absolute atomic E-state index is 5.41. The van der Waals surface area contributed by atoms with Gasteiger partial charge in [-0.25, -0.2) is 0 Å². The van der Waals surface area contributed by atoms with Crippen molar-refractivity contribution in [2.45, 2.75) is 25.1 Å². The number of hydrogen-bond acceptors (Lipinski definition) is 4. The normalized spacial score (nSPS) is 17.7. The topological polar surface area (TPSA) is 46.1 Å². The van der Waals surface area contributed by atoms with Crippen LogP contribution < -0.4 is 14.8 Å². The SMILES string of the molecule is CCC1CN(C(=NC)NCc2cc(Br)c(OC)c(OC)c2)CCS1.I. The highest BCUT2D eigenvalue weighted by atomic mass is 127. The summed E-state index contributed by atoms with van der Waals surface area (Å²) >= 11 is 5.60. The molecular formula is C17H27BrIN3O2S. The van der Waals surface area contributed by atoms with E-state index in [2.05, 4.69) is 49.8 Å². The molecular weight excluding hydrogens is 517 g/mol. The summed E-state index contributed by atoms with van der Waals surface area (Å²) in [6, 6.07) is 4.04. The summed E-state index contributed by atoms with van der Waals surface area (Å²) in [7, 11) is 5.13. The summed E-state index contributed by atoms with van der Waals surface area (Å²) in [5.41, 5.74) is 1.11. The van der Waals surface area contributed by atoms with Gasteiger partial charge in [-0.3, -0.25) is 4.99 Å². The average molecular weight is 544 g/mol. The number of aliphatic imine (C=N–C) groups is 1. The summed E-state index contributed by atoms with van der Waals surface area (Å²) in [4.78, 5) is 6.80. The molecule has 1 N–H and O–H groups in total. The maximum Gasteiger partial charge on any atom is 0.193 e. The van der Waals surface area contributed by atoms with Gasteiger partial charge in [-0.05, 0) is 40.0 Å². The van der Waals surface area contributed by atoms with Crippen molar-refractivity contribution in [1.82, 2.24) is 10.2 Å². The van der Waals surface area contributed by atoms with Crippen molar-refractivity contribution in [2.24, 2.45) is 4.99 Å². The zero-order valence-electron chi connectivity index (χ0n) is 15.2. The highest BCUT2D eigenvalue weighted by Crippen LogP contribution is 2.36. The van der Waals surface area contributed by atoms with E-state index in [1.807, 2.05) is 19.2 Å². The molecule has 0 amide bonds. The van der Waals surface area contributed by atoms with Crippen LogP contribution in [0.15, 0.2) is 21.6 Å². The first-order valence-corrected chi connectivity index (χ1v) is 9.94. The van der Waals surface area contributed by atoms with Gasteiger partial charge in [0.25, 0.3) is 0 Å². The molecule has 1 atom stereocenters. The number of ether oxygens (including phenoxy) is 2. The van der Waals surface area contributed by atoms with E-state index in [-0.39, 0.29) is 24.0 Å². The van der Waals surface area contributed by atoms with Crippen LogP contribution in [0.1, 0.15) is 18.9 Å². The molecule has 1 unspecified atom stereocenters. The van der Waals surface area contributed by atoms with Gasteiger partial charge in [0.15, 0.2) is 17.5 Å². The van der Waals surface area contributed by atoms with Crippen molar-refractivity contribution in [3.63, 3.8) is 0 Å². The first-order valence-electron chi connectivity index (χ1n) is 8.10. The second-order valence-electron chi connectivity index (χ2n) is 5.56. The van der Waals surface area contributed by atoms with E-state index in [9.17, 15) is 0 Å². The molecule has 8 heteroatoms. The Hall–Kier alpha value is -0.350. The molecule has 1 heterocycles. The van der Waals surface area contributed by atoms with Crippen molar-refractivity contribution in [1.29, 1.82) is 0 Å². The van der Waals surface area contributed by atoms with Gasteiger partial charge in [-0.15, -0.1) is 24.0 Å². The number of thioether (sulfide) groups is 1. The molecule has 1 saturated heterocycles. The molecule has 0 saturated carbocycles.